The van der Waals surface area contributed by atoms with Crippen molar-refractivity contribution in [3.8, 4) is 56.2 Å². The first-order chi connectivity index (χ1) is 19.8. The van der Waals surface area contributed by atoms with E-state index in [0.717, 1.165) is 56.2 Å². The molecule has 0 amide bonds. The van der Waals surface area contributed by atoms with Gasteiger partial charge in [0.05, 0.1) is 11.4 Å². The molecule has 0 atom stereocenters. The van der Waals surface area contributed by atoms with E-state index in [1.165, 1.54) is 0 Å². The number of nitrogens with zero attached hydrogens (tertiary/aromatic N) is 4. The van der Waals surface area contributed by atoms with Crippen molar-refractivity contribution >= 4 is 11.7 Å². The first-order valence-corrected chi connectivity index (χ1v) is 13.1. The lowest BCUT2D eigenvalue weighted by Crippen LogP contribution is -1.89. The van der Waals surface area contributed by atoms with Crippen LogP contribution in [0.5, 0.6) is 0 Å². The summed E-state index contributed by atoms with van der Waals surface area (Å²) in [7, 11) is 0. The van der Waals surface area contributed by atoms with Gasteiger partial charge in [-0.2, -0.15) is 9.97 Å². The highest BCUT2D eigenvalue weighted by molar-refractivity contribution is 5.84. The standard InChI is InChI=1S/C34H22N4O2/c1-3-7-25(8-4-1)29-31(37-19-21-39-33(37)35-29)27-15-11-23(12-16-27)24-13-17-28(18-14-24)32-30(26-9-5-2-6-10-26)36-34-38(32)20-22-40-34/h1-22H. The molecular weight excluding hydrogens is 496 g/mol. The van der Waals surface area contributed by atoms with Crippen LogP contribution in [0.25, 0.3) is 67.8 Å². The molecule has 0 aliphatic carbocycles. The zero-order valence-electron chi connectivity index (χ0n) is 21.3. The molecule has 0 radical (unpaired) electrons. The predicted molar refractivity (Wildman–Crippen MR) is 156 cm³/mol. The molecule has 0 spiro atoms. The summed E-state index contributed by atoms with van der Waals surface area (Å²) in [6, 6.07) is 37.6. The lowest BCUT2D eigenvalue weighted by molar-refractivity contribution is 0.596. The molecule has 0 bridgehead atoms. The first-order valence-electron chi connectivity index (χ1n) is 13.1. The summed E-state index contributed by atoms with van der Waals surface area (Å²) in [6.45, 7) is 0. The summed E-state index contributed by atoms with van der Waals surface area (Å²) in [5, 5.41) is 0. The van der Waals surface area contributed by atoms with Gasteiger partial charge in [-0.3, -0.25) is 8.80 Å². The van der Waals surface area contributed by atoms with E-state index < -0.39 is 0 Å². The quantitative estimate of drug-likeness (QED) is 0.229. The van der Waals surface area contributed by atoms with Crippen LogP contribution in [-0.4, -0.2) is 18.8 Å². The van der Waals surface area contributed by atoms with Gasteiger partial charge in [0.1, 0.15) is 23.9 Å². The van der Waals surface area contributed by atoms with Crippen LogP contribution in [-0.2, 0) is 0 Å². The van der Waals surface area contributed by atoms with Crippen molar-refractivity contribution in [1.29, 1.82) is 0 Å². The molecule has 0 aliphatic rings. The molecular formula is C34H22N4O2. The maximum Gasteiger partial charge on any atom is 0.306 e. The van der Waals surface area contributed by atoms with Gasteiger partial charge >= 0.3 is 11.7 Å². The average Bonchev–Trinajstić information content (AvgIpc) is 3.80. The Balaban J connectivity index is 1.16. The van der Waals surface area contributed by atoms with E-state index in [-0.39, 0.29) is 0 Å². The Morgan fingerprint density at radius 2 is 0.775 bits per heavy atom. The minimum absolute atomic E-state index is 0.579. The normalized spacial score (nSPS) is 11.5. The Morgan fingerprint density at radius 3 is 1.18 bits per heavy atom. The van der Waals surface area contributed by atoms with Gasteiger partial charge in [0.2, 0.25) is 0 Å². The Kier molecular flexibility index (Phi) is 5.03. The monoisotopic (exact) mass is 518 g/mol. The van der Waals surface area contributed by atoms with Crippen LogP contribution in [0.4, 0.5) is 0 Å². The number of aromatic nitrogens is 4. The summed E-state index contributed by atoms with van der Waals surface area (Å²) >= 11 is 0. The Hall–Kier alpha value is -5.62. The molecule has 4 aromatic heterocycles. The fraction of sp³-hybridized carbons (Fsp3) is 0. The summed E-state index contributed by atoms with van der Waals surface area (Å²) in [5.41, 5.74) is 10.3. The molecule has 0 N–H and O–H groups in total. The fourth-order valence-corrected chi connectivity index (χ4v) is 5.36. The van der Waals surface area contributed by atoms with Crippen molar-refractivity contribution in [2.75, 3.05) is 0 Å². The van der Waals surface area contributed by atoms with Crippen molar-refractivity contribution in [3.63, 3.8) is 0 Å². The van der Waals surface area contributed by atoms with Crippen LogP contribution in [0.2, 0.25) is 0 Å². The Labute approximate surface area is 229 Å². The zero-order chi connectivity index (χ0) is 26.5. The highest BCUT2D eigenvalue weighted by atomic mass is 16.3. The van der Waals surface area contributed by atoms with Crippen LogP contribution in [0.1, 0.15) is 0 Å². The van der Waals surface area contributed by atoms with Crippen molar-refractivity contribution in [1.82, 2.24) is 18.8 Å². The van der Waals surface area contributed by atoms with E-state index in [2.05, 4.69) is 72.8 Å². The van der Waals surface area contributed by atoms with Crippen LogP contribution < -0.4 is 0 Å². The topological polar surface area (TPSA) is 60.9 Å². The molecule has 0 unspecified atom stereocenters. The number of oxazole rings is 2. The number of benzene rings is 4. The molecule has 4 heterocycles. The largest absolute Gasteiger partial charge is 0.432 e. The number of rotatable bonds is 5. The minimum Gasteiger partial charge on any atom is -0.432 e. The second-order valence-corrected chi connectivity index (χ2v) is 9.62. The van der Waals surface area contributed by atoms with Gasteiger partial charge < -0.3 is 8.83 Å². The lowest BCUT2D eigenvalue weighted by Gasteiger charge is -2.09. The number of hydrogen-bond acceptors (Lipinski definition) is 4. The number of fused-ring (bicyclic) bond motifs is 2. The maximum absolute atomic E-state index is 5.62. The van der Waals surface area contributed by atoms with Crippen LogP contribution in [0.15, 0.2) is 143 Å². The second-order valence-electron chi connectivity index (χ2n) is 9.62. The van der Waals surface area contributed by atoms with E-state index in [0.29, 0.717) is 11.7 Å². The van der Waals surface area contributed by atoms with Crippen molar-refractivity contribution in [3.05, 3.63) is 134 Å². The molecule has 0 saturated carbocycles. The van der Waals surface area contributed by atoms with Crippen LogP contribution in [0.3, 0.4) is 0 Å². The Morgan fingerprint density at radius 1 is 0.400 bits per heavy atom. The smallest absolute Gasteiger partial charge is 0.306 e. The molecule has 8 aromatic rings. The third-order valence-electron chi connectivity index (χ3n) is 7.27. The van der Waals surface area contributed by atoms with Gasteiger partial charge in [0, 0.05) is 34.6 Å². The highest BCUT2D eigenvalue weighted by Gasteiger charge is 2.19. The van der Waals surface area contributed by atoms with Crippen LogP contribution in [0, 0.1) is 0 Å². The van der Waals surface area contributed by atoms with Crippen molar-refractivity contribution in [2.45, 2.75) is 0 Å². The van der Waals surface area contributed by atoms with E-state index in [1.54, 1.807) is 12.5 Å². The third kappa shape index (κ3) is 3.58. The molecule has 6 heteroatoms. The summed E-state index contributed by atoms with van der Waals surface area (Å²) < 4.78 is 15.2. The van der Waals surface area contributed by atoms with E-state index in [9.17, 15) is 0 Å². The van der Waals surface area contributed by atoms with Gasteiger partial charge in [0.25, 0.3) is 0 Å². The zero-order valence-corrected chi connectivity index (χ0v) is 21.3. The number of hydrogen-bond donors (Lipinski definition) is 0. The molecule has 8 rings (SSSR count). The predicted octanol–water partition coefficient (Wildman–Crippen LogP) is 8.50. The van der Waals surface area contributed by atoms with Crippen LogP contribution >= 0.6 is 0 Å². The fourth-order valence-electron chi connectivity index (χ4n) is 5.36. The number of imidazole rings is 2. The van der Waals surface area contributed by atoms with Gasteiger partial charge in [0.15, 0.2) is 0 Å². The first kappa shape index (κ1) is 22.4. The Bertz CT molecular complexity index is 1930. The van der Waals surface area contributed by atoms with Gasteiger partial charge in [-0.25, -0.2) is 0 Å². The molecule has 0 fully saturated rings. The summed E-state index contributed by atoms with van der Waals surface area (Å²) in [6.07, 6.45) is 7.15. The second kappa shape index (κ2) is 8.99. The van der Waals surface area contributed by atoms with Gasteiger partial charge in [-0.1, -0.05) is 109 Å². The molecule has 0 saturated heterocycles. The molecule has 0 aliphatic heterocycles. The third-order valence-corrected chi connectivity index (χ3v) is 7.27. The molecule has 6 nitrogen and oxygen atoms in total. The lowest BCUT2D eigenvalue weighted by atomic mass is 9.98. The van der Waals surface area contributed by atoms with Gasteiger partial charge in [-0.15, -0.1) is 0 Å². The van der Waals surface area contributed by atoms with Crippen molar-refractivity contribution in [2.24, 2.45) is 0 Å². The molecule has 40 heavy (non-hydrogen) atoms. The van der Waals surface area contributed by atoms with Crippen molar-refractivity contribution < 1.29 is 8.83 Å². The molecule has 4 aromatic carbocycles. The maximum atomic E-state index is 5.62. The minimum atomic E-state index is 0.579. The summed E-state index contributed by atoms with van der Waals surface area (Å²) in [5.74, 6) is 1.16. The molecule has 190 valence electrons. The van der Waals surface area contributed by atoms with E-state index >= 15 is 0 Å². The summed E-state index contributed by atoms with van der Waals surface area (Å²) in [4.78, 5) is 9.53. The highest BCUT2D eigenvalue weighted by Crippen LogP contribution is 2.36. The van der Waals surface area contributed by atoms with E-state index in [1.807, 2.05) is 57.6 Å². The average molecular weight is 519 g/mol. The SMILES string of the molecule is c1ccc(-c2nc3occn3c2-c2ccc(-c3ccc(-c4c(-c5ccccc5)nc5occn45)cc3)cc2)cc1. The van der Waals surface area contributed by atoms with Gasteiger partial charge in [-0.05, 0) is 11.1 Å². The van der Waals surface area contributed by atoms with E-state index in [4.69, 9.17) is 18.8 Å².